The van der Waals surface area contributed by atoms with E-state index in [1.54, 1.807) is 24.3 Å². The van der Waals surface area contributed by atoms with Gasteiger partial charge in [-0.15, -0.1) is 10.2 Å². The third-order valence-corrected chi connectivity index (χ3v) is 7.07. The zero-order valence-corrected chi connectivity index (χ0v) is 19.6. The van der Waals surface area contributed by atoms with E-state index in [1.165, 1.54) is 31.5 Å². The molecule has 166 valence electrons. The van der Waals surface area contributed by atoms with Crippen LogP contribution >= 0.6 is 23.4 Å². The summed E-state index contributed by atoms with van der Waals surface area (Å²) < 4.78 is 2.16. The maximum Gasteiger partial charge on any atom is 0.237 e. The molecule has 6 nitrogen and oxygen atoms in total. The maximum atomic E-state index is 12.8. The van der Waals surface area contributed by atoms with Crippen molar-refractivity contribution in [3.63, 3.8) is 0 Å². The molecule has 0 bridgehead atoms. The van der Waals surface area contributed by atoms with Gasteiger partial charge in [-0.05, 0) is 63.1 Å². The van der Waals surface area contributed by atoms with E-state index in [4.69, 9.17) is 11.6 Å². The molecule has 1 aromatic heterocycles. The summed E-state index contributed by atoms with van der Waals surface area (Å²) >= 11 is 7.84. The summed E-state index contributed by atoms with van der Waals surface area (Å²) in [6, 6.07) is 14.8. The lowest BCUT2D eigenvalue weighted by molar-refractivity contribution is -0.115. The number of amides is 1. The molecule has 1 heterocycles. The van der Waals surface area contributed by atoms with Crippen LogP contribution in [-0.4, -0.2) is 31.7 Å². The summed E-state index contributed by atoms with van der Waals surface area (Å²) in [5, 5.41) is 12.8. The normalized spacial score (nSPS) is 15.0. The van der Waals surface area contributed by atoms with Crippen LogP contribution < -0.4 is 5.32 Å². The molecular weight excluding hydrogens is 444 g/mol. The molecular formula is C24H25ClN4O2S. The van der Waals surface area contributed by atoms with Gasteiger partial charge in [0.25, 0.3) is 0 Å². The fourth-order valence-electron chi connectivity index (χ4n) is 3.92. The molecule has 1 fully saturated rings. The molecule has 1 amide bonds. The molecule has 0 radical (unpaired) electrons. The van der Waals surface area contributed by atoms with Crippen LogP contribution in [0.25, 0.3) is 11.4 Å². The van der Waals surface area contributed by atoms with E-state index in [9.17, 15) is 9.59 Å². The number of benzene rings is 2. The van der Waals surface area contributed by atoms with Crippen molar-refractivity contribution in [2.45, 2.75) is 56.0 Å². The van der Waals surface area contributed by atoms with Gasteiger partial charge in [-0.3, -0.25) is 14.2 Å². The van der Waals surface area contributed by atoms with Gasteiger partial charge in [0.1, 0.15) is 0 Å². The molecule has 1 N–H and O–H groups in total. The molecule has 1 aliphatic carbocycles. The van der Waals surface area contributed by atoms with Gasteiger partial charge in [-0.25, -0.2) is 0 Å². The third kappa shape index (κ3) is 4.89. The standard InChI is InChI=1S/C24H25ClN4O2S/c1-15(30)17-11-13-18(14-12-17)26-23(31)16(2)32-24-28-27-22(20-9-5-6-10-21(20)25)29(24)19-7-3-4-8-19/h5-6,9-14,16,19H,3-4,7-8H2,1-2H3,(H,26,31). The molecule has 0 saturated heterocycles. The molecule has 0 spiro atoms. The Labute approximate surface area is 196 Å². The van der Waals surface area contributed by atoms with Gasteiger partial charge in [-0.1, -0.05) is 48.3 Å². The third-order valence-electron chi connectivity index (χ3n) is 5.68. The lowest BCUT2D eigenvalue weighted by atomic mass is 10.1. The average molecular weight is 469 g/mol. The van der Waals surface area contributed by atoms with Crippen LogP contribution in [0.3, 0.4) is 0 Å². The van der Waals surface area contributed by atoms with Crippen LogP contribution in [0.5, 0.6) is 0 Å². The molecule has 2 aromatic carbocycles. The van der Waals surface area contributed by atoms with E-state index in [2.05, 4.69) is 20.1 Å². The summed E-state index contributed by atoms with van der Waals surface area (Å²) in [6.07, 6.45) is 4.46. The van der Waals surface area contributed by atoms with Crippen LogP contribution in [0.15, 0.2) is 53.7 Å². The number of rotatable bonds is 7. The minimum Gasteiger partial charge on any atom is -0.325 e. The van der Waals surface area contributed by atoms with Gasteiger partial charge in [0.15, 0.2) is 16.8 Å². The van der Waals surface area contributed by atoms with Crippen molar-refractivity contribution in [1.29, 1.82) is 0 Å². The van der Waals surface area contributed by atoms with Crippen molar-refractivity contribution in [2.24, 2.45) is 0 Å². The van der Waals surface area contributed by atoms with Crippen LogP contribution in [0, 0.1) is 0 Å². The van der Waals surface area contributed by atoms with Gasteiger partial charge >= 0.3 is 0 Å². The van der Waals surface area contributed by atoms with Crippen molar-refractivity contribution in [2.75, 3.05) is 5.32 Å². The fraction of sp³-hybridized carbons (Fsp3) is 0.333. The van der Waals surface area contributed by atoms with Gasteiger partial charge in [0.2, 0.25) is 5.91 Å². The monoisotopic (exact) mass is 468 g/mol. The second-order valence-corrected chi connectivity index (χ2v) is 9.69. The number of anilines is 1. The van der Waals surface area contributed by atoms with Gasteiger partial charge in [0.05, 0.1) is 10.3 Å². The summed E-state index contributed by atoms with van der Waals surface area (Å²) in [7, 11) is 0. The zero-order valence-electron chi connectivity index (χ0n) is 18.0. The van der Waals surface area contributed by atoms with E-state index < -0.39 is 0 Å². The molecule has 1 unspecified atom stereocenters. The number of ketones is 1. The summed E-state index contributed by atoms with van der Waals surface area (Å²) in [4.78, 5) is 24.3. The molecule has 32 heavy (non-hydrogen) atoms. The van der Waals surface area contributed by atoms with Crippen LogP contribution in [0.4, 0.5) is 5.69 Å². The molecule has 3 aromatic rings. The Morgan fingerprint density at radius 3 is 2.44 bits per heavy atom. The first-order valence-electron chi connectivity index (χ1n) is 10.7. The average Bonchev–Trinajstić information content (AvgIpc) is 3.44. The molecule has 4 rings (SSSR count). The Balaban J connectivity index is 1.54. The predicted molar refractivity (Wildman–Crippen MR) is 128 cm³/mol. The number of hydrogen-bond acceptors (Lipinski definition) is 5. The van der Waals surface area contributed by atoms with Gasteiger partial charge in [-0.2, -0.15) is 0 Å². The van der Waals surface area contributed by atoms with Crippen molar-refractivity contribution in [1.82, 2.24) is 14.8 Å². The molecule has 1 aliphatic rings. The van der Waals surface area contributed by atoms with E-state index in [0.29, 0.717) is 22.3 Å². The number of nitrogens with zero attached hydrogens (tertiary/aromatic N) is 3. The highest BCUT2D eigenvalue weighted by atomic mass is 35.5. The topological polar surface area (TPSA) is 76.9 Å². The maximum absolute atomic E-state index is 12.8. The quantitative estimate of drug-likeness (QED) is 0.338. The van der Waals surface area contributed by atoms with Crippen molar-refractivity contribution < 1.29 is 9.59 Å². The number of carbonyl (C=O) groups is 2. The first kappa shape index (κ1) is 22.6. The Bertz CT molecular complexity index is 1120. The first-order chi connectivity index (χ1) is 15.4. The lowest BCUT2D eigenvalue weighted by Gasteiger charge is -2.19. The fourth-order valence-corrected chi connectivity index (χ4v) is 5.06. The number of halogens is 1. The summed E-state index contributed by atoms with van der Waals surface area (Å²) in [5.74, 6) is 0.607. The minimum atomic E-state index is -0.383. The Hall–Kier alpha value is -2.64. The number of aromatic nitrogens is 3. The largest absolute Gasteiger partial charge is 0.325 e. The van der Waals surface area contributed by atoms with Gasteiger partial charge in [0, 0.05) is 22.9 Å². The molecule has 1 atom stereocenters. The second-order valence-electron chi connectivity index (χ2n) is 7.98. The van der Waals surface area contributed by atoms with Crippen LogP contribution in [0.1, 0.15) is 55.9 Å². The number of hydrogen-bond donors (Lipinski definition) is 1. The van der Waals surface area contributed by atoms with Crippen LogP contribution in [0.2, 0.25) is 5.02 Å². The van der Waals surface area contributed by atoms with Crippen molar-refractivity contribution in [3.05, 3.63) is 59.1 Å². The van der Waals surface area contributed by atoms with E-state index in [0.717, 1.165) is 29.4 Å². The number of thioether (sulfide) groups is 1. The highest BCUT2D eigenvalue weighted by molar-refractivity contribution is 8.00. The Morgan fingerprint density at radius 2 is 1.78 bits per heavy atom. The number of carbonyl (C=O) groups excluding carboxylic acids is 2. The molecule has 0 aliphatic heterocycles. The highest BCUT2D eigenvalue weighted by Crippen LogP contribution is 2.39. The van der Waals surface area contributed by atoms with E-state index in [1.807, 2.05) is 31.2 Å². The van der Waals surface area contributed by atoms with Crippen molar-refractivity contribution in [3.8, 4) is 11.4 Å². The second kappa shape index (κ2) is 9.88. The van der Waals surface area contributed by atoms with Gasteiger partial charge < -0.3 is 5.32 Å². The first-order valence-corrected chi connectivity index (χ1v) is 12.0. The molecule has 1 saturated carbocycles. The number of Topliss-reactive ketones (excluding diaryl/α,β-unsaturated/α-hetero) is 1. The van der Waals surface area contributed by atoms with E-state index in [-0.39, 0.29) is 16.9 Å². The lowest BCUT2D eigenvalue weighted by Crippen LogP contribution is -2.23. The minimum absolute atomic E-state index is 0.00706. The summed E-state index contributed by atoms with van der Waals surface area (Å²) in [6.45, 7) is 3.37. The Morgan fingerprint density at radius 1 is 1.09 bits per heavy atom. The van der Waals surface area contributed by atoms with Crippen molar-refractivity contribution >= 4 is 40.7 Å². The summed E-state index contributed by atoms with van der Waals surface area (Å²) in [5.41, 5.74) is 2.12. The zero-order chi connectivity index (χ0) is 22.7. The SMILES string of the molecule is CC(=O)c1ccc(NC(=O)C(C)Sc2nnc(-c3ccccc3Cl)n2C2CCCC2)cc1. The smallest absolute Gasteiger partial charge is 0.237 e. The molecule has 8 heteroatoms. The predicted octanol–water partition coefficient (Wildman–Crippen LogP) is 6.04. The highest BCUT2D eigenvalue weighted by Gasteiger charge is 2.28. The van der Waals surface area contributed by atoms with E-state index >= 15 is 0 Å². The number of nitrogens with one attached hydrogen (secondary N) is 1. The Kier molecular flexibility index (Phi) is 6.96. The van der Waals surface area contributed by atoms with Crippen LogP contribution in [-0.2, 0) is 4.79 Å².